The maximum atomic E-state index is 11.9. The number of carbonyl (C=O) groups excluding carboxylic acids is 2. The Morgan fingerprint density at radius 3 is 2.48 bits per heavy atom. The van der Waals surface area contributed by atoms with E-state index in [9.17, 15) is 14.7 Å². The maximum Gasteiger partial charge on any atom is 0.342 e. The number of amides is 1. The van der Waals surface area contributed by atoms with Gasteiger partial charge >= 0.3 is 5.97 Å². The zero-order valence-corrected chi connectivity index (χ0v) is 13.1. The summed E-state index contributed by atoms with van der Waals surface area (Å²) in [6.45, 7) is 3.65. The summed E-state index contributed by atoms with van der Waals surface area (Å²) in [5, 5.41) is 12.5. The molecule has 2 aromatic carbocycles. The van der Waals surface area contributed by atoms with E-state index in [1.807, 2.05) is 31.2 Å². The van der Waals surface area contributed by atoms with Crippen LogP contribution in [-0.4, -0.2) is 23.6 Å². The van der Waals surface area contributed by atoms with Gasteiger partial charge in [0.25, 0.3) is 5.91 Å². The Morgan fingerprint density at radius 2 is 1.78 bits per heavy atom. The standard InChI is InChI=1S/C18H19NO4/c1-12-6-8-14(9-7-12)10-19-16(20)11-23-18(22)15-5-3-4-13(2)17(15)21/h3-9,21H,10-11H2,1-2H3,(H,19,20). The molecule has 2 aromatic rings. The summed E-state index contributed by atoms with van der Waals surface area (Å²) in [4.78, 5) is 23.6. The predicted molar refractivity (Wildman–Crippen MR) is 86.2 cm³/mol. The minimum Gasteiger partial charge on any atom is -0.507 e. The number of hydrogen-bond donors (Lipinski definition) is 2. The molecule has 0 aromatic heterocycles. The second kappa shape index (κ2) is 7.45. The van der Waals surface area contributed by atoms with Gasteiger partial charge in [-0.3, -0.25) is 4.79 Å². The molecule has 5 heteroatoms. The lowest BCUT2D eigenvalue weighted by atomic mass is 10.1. The highest BCUT2D eigenvalue weighted by Gasteiger charge is 2.15. The van der Waals surface area contributed by atoms with Crippen LogP contribution in [0, 0.1) is 13.8 Å². The van der Waals surface area contributed by atoms with Crippen molar-refractivity contribution in [2.24, 2.45) is 0 Å². The van der Waals surface area contributed by atoms with Crippen LogP contribution in [-0.2, 0) is 16.1 Å². The molecule has 23 heavy (non-hydrogen) atoms. The minimum atomic E-state index is -0.725. The number of hydrogen-bond acceptors (Lipinski definition) is 4. The SMILES string of the molecule is Cc1ccc(CNC(=O)COC(=O)c2cccc(C)c2O)cc1. The third-order valence-electron chi connectivity index (χ3n) is 3.40. The third-order valence-corrected chi connectivity index (χ3v) is 3.40. The largest absolute Gasteiger partial charge is 0.507 e. The Hall–Kier alpha value is -2.82. The summed E-state index contributed by atoms with van der Waals surface area (Å²) in [5.41, 5.74) is 2.73. The molecule has 0 atom stereocenters. The smallest absolute Gasteiger partial charge is 0.342 e. The first-order valence-electron chi connectivity index (χ1n) is 7.25. The molecule has 0 saturated heterocycles. The fourth-order valence-electron chi connectivity index (χ4n) is 1.99. The van der Waals surface area contributed by atoms with Crippen molar-refractivity contribution in [2.45, 2.75) is 20.4 Å². The van der Waals surface area contributed by atoms with Crippen molar-refractivity contribution in [3.8, 4) is 5.75 Å². The third kappa shape index (κ3) is 4.57. The topological polar surface area (TPSA) is 75.6 Å². The van der Waals surface area contributed by atoms with Crippen LogP contribution in [0.25, 0.3) is 0 Å². The first-order chi connectivity index (χ1) is 11.0. The highest BCUT2D eigenvalue weighted by molar-refractivity contribution is 5.94. The number of phenols is 1. The van der Waals surface area contributed by atoms with Crippen LogP contribution < -0.4 is 5.32 Å². The van der Waals surface area contributed by atoms with Crippen molar-refractivity contribution < 1.29 is 19.4 Å². The number of aryl methyl sites for hydroxylation is 2. The van der Waals surface area contributed by atoms with Crippen LogP contribution in [0.1, 0.15) is 27.0 Å². The first-order valence-corrected chi connectivity index (χ1v) is 7.25. The van der Waals surface area contributed by atoms with Gasteiger partial charge in [0, 0.05) is 6.54 Å². The number of carbonyl (C=O) groups is 2. The first kappa shape index (κ1) is 16.5. The molecule has 0 saturated carbocycles. The summed E-state index contributed by atoms with van der Waals surface area (Å²) >= 11 is 0. The average Bonchev–Trinajstić information content (AvgIpc) is 2.54. The van der Waals surface area contributed by atoms with Crippen molar-refractivity contribution in [3.63, 3.8) is 0 Å². The molecule has 0 aliphatic carbocycles. The molecule has 0 aliphatic rings. The maximum absolute atomic E-state index is 11.9. The van der Waals surface area contributed by atoms with Crippen LogP contribution in [0.5, 0.6) is 5.75 Å². The number of benzene rings is 2. The van der Waals surface area contributed by atoms with E-state index >= 15 is 0 Å². The Kier molecular flexibility index (Phi) is 5.36. The number of para-hydroxylation sites is 1. The minimum absolute atomic E-state index is 0.0522. The fraction of sp³-hybridized carbons (Fsp3) is 0.222. The van der Waals surface area contributed by atoms with Crippen molar-refractivity contribution in [1.29, 1.82) is 0 Å². The Morgan fingerprint density at radius 1 is 1.09 bits per heavy atom. The van der Waals surface area contributed by atoms with E-state index in [0.29, 0.717) is 12.1 Å². The number of phenolic OH excluding ortho intramolecular Hbond substituents is 1. The van der Waals surface area contributed by atoms with Crippen LogP contribution in [0.2, 0.25) is 0 Å². The van der Waals surface area contributed by atoms with Gasteiger partial charge in [0.2, 0.25) is 0 Å². The van der Waals surface area contributed by atoms with E-state index < -0.39 is 18.5 Å². The van der Waals surface area contributed by atoms with Crippen LogP contribution in [0.3, 0.4) is 0 Å². The lowest BCUT2D eigenvalue weighted by molar-refractivity contribution is -0.124. The molecule has 0 heterocycles. The monoisotopic (exact) mass is 313 g/mol. The zero-order valence-electron chi connectivity index (χ0n) is 13.1. The summed E-state index contributed by atoms with van der Waals surface area (Å²) in [6, 6.07) is 12.5. The average molecular weight is 313 g/mol. The molecular weight excluding hydrogens is 294 g/mol. The Bertz CT molecular complexity index is 707. The van der Waals surface area contributed by atoms with Crippen LogP contribution in [0.4, 0.5) is 0 Å². The van der Waals surface area contributed by atoms with Gasteiger partial charge in [0.1, 0.15) is 11.3 Å². The molecular formula is C18H19NO4. The molecule has 0 bridgehead atoms. The van der Waals surface area contributed by atoms with E-state index in [1.165, 1.54) is 6.07 Å². The normalized spacial score (nSPS) is 10.2. The summed E-state index contributed by atoms with van der Waals surface area (Å²) in [6.07, 6.45) is 0. The van der Waals surface area contributed by atoms with Gasteiger partial charge in [-0.05, 0) is 31.0 Å². The number of ether oxygens (including phenoxy) is 1. The molecule has 1 amide bonds. The molecule has 0 spiro atoms. The fourth-order valence-corrected chi connectivity index (χ4v) is 1.99. The van der Waals surface area contributed by atoms with Gasteiger partial charge in [-0.15, -0.1) is 0 Å². The van der Waals surface area contributed by atoms with Crippen LogP contribution in [0.15, 0.2) is 42.5 Å². The summed E-state index contributed by atoms with van der Waals surface area (Å²) in [7, 11) is 0. The molecule has 0 unspecified atom stereocenters. The lowest BCUT2D eigenvalue weighted by Gasteiger charge is -2.08. The van der Waals surface area contributed by atoms with Crippen molar-refractivity contribution >= 4 is 11.9 Å². The summed E-state index contributed by atoms with van der Waals surface area (Å²) < 4.78 is 4.92. The Balaban J connectivity index is 1.83. The number of aromatic hydroxyl groups is 1. The van der Waals surface area contributed by atoms with Crippen molar-refractivity contribution in [1.82, 2.24) is 5.32 Å². The molecule has 120 valence electrons. The molecule has 0 radical (unpaired) electrons. The highest BCUT2D eigenvalue weighted by atomic mass is 16.5. The van der Waals surface area contributed by atoms with Crippen molar-refractivity contribution in [2.75, 3.05) is 6.61 Å². The lowest BCUT2D eigenvalue weighted by Crippen LogP contribution is -2.28. The van der Waals surface area contributed by atoms with E-state index in [4.69, 9.17) is 4.74 Å². The second-order valence-electron chi connectivity index (χ2n) is 5.31. The van der Waals surface area contributed by atoms with Gasteiger partial charge in [-0.1, -0.05) is 42.0 Å². The van der Waals surface area contributed by atoms with Crippen molar-refractivity contribution in [3.05, 3.63) is 64.7 Å². The molecule has 2 N–H and O–H groups in total. The molecule has 0 fully saturated rings. The number of esters is 1. The Labute approximate surface area is 134 Å². The number of nitrogens with one attached hydrogen (secondary N) is 1. The molecule has 0 aliphatic heterocycles. The quantitative estimate of drug-likeness (QED) is 0.832. The van der Waals surface area contributed by atoms with Gasteiger partial charge in [-0.25, -0.2) is 4.79 Å². The highest BCUT2D eigenvalue weighted by Crippen LogP contribution is 2.21. The van der Waals surface area contributed by atoms with E-state index in [2.05, 4.69) is 5.32 Å². The predicted octanol–water partition coefficient (Wildman–Crippen LogP) is 2.48. The molecule has 2 rings (SSSR count). The van der Waals surface area contributed by atoms with E-state index in [0.717, 1.165) is 11.1 Å². The van der Waals surface area contributed by atoms with Gasteiger partial charge in [0.05, 0.1) is 0 Å². The van der Waals surface area contributed by atoms with Gasteiger partial charge in [0.15, 0.2) is 6.61 Å². The van der Waals surface area contributed by atoms with Gasteiger partial charge < -0.3 is 15.2 Å². The van der Waals surface area contributed by atoms with Crippen LogP contribution >= 0.6 is 0 Å². The molecule has 5 nitrogen and oxygen atoms in total. The van der Waals surface area contributed by atoms with Gasteiger partial charge in [-0.2, -0.15) is 0 Å². The van der Waals surface area contributed by atoms with E-state index in [-0.39, 0.29) is 11.3 Å². The van der Waals surface area contributed by atoms with E-state index in [1.54, 1.807) is 19.1 Å². The number of rotatable bonds is 5. The second-order valence-corrected chi connectivity index (χ2v) is 5.31. The zero-order chi connectivity index (χ0) is 16.8. The summed E-state index contributed by atoms with van der Waals surface area (Å²) in [5.74, 6) is -1.25.